The van der Waals surface area contributed by atoms with Crippen LogP contribution >= 0.6 is 27.3 Å². The summed E-state index contributed by atoms with van der Waals surface area (Å²) in [4.78, 5) is 23.7. The van der Waals surface area contributed by atoms with Crippen molar-refractivity contribution in [3.05, 3.63) is 62.5 Å². The number of carbonyl (C=O) groups is 2. The molecule has 0 atom stereocenters. The fourth-order valence-corrected chi connectivity index (χ4v) is 2.80. The molecule has 0 bridgehead atoms. The van der Waals surface area contributed by atoms with Crippen molar-refractivity contribution >= 4 is 45.1 Å². The maximum atomic E-state index is 12.9. The van der Waals surface area contributed by atoms with Crippen LogP contribution in [0.2, 0.25) is 0 Å². The lowest BCUT2D eigenvalue weighted by Gasteiger charge is -1.99. The summed E-state index contributed by atoms with van der Waals surface area (Å²) in [5, 5.41) is 0. The highest BCUT2D eigenvalue weighted by atomic mass is 79.9. The van der Waals surface area contributed by atoms with Crippen molar-refractivity contribution in [2.45, 2.75) is 0 Å². The number of benzene rings is 1. The molecule has 21 heavy (non-hydrogen) atoms. The minimum Gasteiger partial charge on any atom is -0.454 e. The van der Waals surface area contributed by atoms with Crippen LogP contribution in [0.3, 0.4) is 0 Å². The van der Waals surface area contributed by atoms with Gasteiger partial charge in [0.2, 0.25) is 5.78 Å². The van der Waals surface area contributed by atoms with Gasteiger partial charge in [0.15, 0.2) is 6.61 Å². The number of rotatable bonds is 5. The molecule has 0 saturated carbocycles. The summed E-state index contributed by atoms with van der Waals surface area (Å²) >= 11 is 4.53. The van der Waals surface area contributed by atoms with Crippen molar-refractivity contribution in [2.75, 3.05) is 6.61 Å². The smallest absolute Gasteiger partial charge is 0.331 e. The van der Waals surface area contributed by atoms with Crippen LogP contribution in [0.15, 0.2) is 46.3 Å². The van der Waals surface area contributed by atoms with Gasteiger partial charge in [-0.15, -0.1) is 11.3 Å². The third-order valence-electron chi connectivity index (χ3n) is 2.45. The Kier molecular flexibility index (Phi) is 5.41. The molecule has 6 heteroatoms. The van der Waals surface area contributed by atoms with Crippen LogP contribution in [0.4, 0.5) is 4.39 Å². The van der Waals surface area contributed by atoms with Crippen LogP contribution in [0, 0.1) is 5.82 Å². The first kappa shape index (κ1) is 15.6. The molecule has 2 aromatic rings. The van der Waals surface area contributed by atoms with E-state index in [1.54, 1.807) is 24.3 Å². The average molecular weight is 369 g/mol. The number of thiophene rings is 1. The van der Waals surface area contributed by atoms with E-state index in [1.165, 1.54) is 29.5 Å². The second-order valence-electron chi connectivity index (χ2n) is 4.02. The van der Waals surface area contributed by atoms with E-state index in [0.717, 1.165) is 9.86 Å². The van der Waals surface area contributed by atoms with Crippen molar-refractivity contribution in [3.8, 4) is 0 Å². The Morgan fingerprint density at radius 1 is 1.29 bits per heavy atom. The fourth-order valence-electron chi connectivity index (χ4n) is 1.49. The summed E-state index contributed by atoms with van der Waals surface area (Å²) in [5.74, 6) is -1.30. The molecule has 0 N–H and O–H groups in total. The Morgan fingerprint density at radius 3 is 2.76 bits per heavy atom. The van der Waals surface area contributed by atoms with Gasteiger partial charge in [0.05, 0.1) is 8.66 Å². The first-order chi connectivity index (χ1) is 10.0. The van der Waals surface area contributed by atoms with Crippen LogP contribution < -0.4 is 0 Å². The third kappa shape index (κ3) is 4.91. The highest BCUT2D eigenvalue weighted by Gasteiger charge is 2.10. The van der Waals surface area contributed by atoms with Gasteiger partial charge in [-0.3, -0.25) is 4.79 Å². The van der Waals surface area contributed by atoms with Crippen LogP contribution in [0.1, 0.15) is 15.2 Å². The van der Waals surface area contributed by atoms with Crippen molar-refractivity contribution in [1.29, 1.82) is 0 Å². The molecule has 3 nitrogen and oxygen atoms in total. The largest absolute Gasteiger partial charge is 0.454 e. The molecule has 0 saturated heterocycles. The second kappa shape index (κ2) is 7.28. The third-order valence-corrected chi connectivity index (χ3v) is 4.12. The van der Waals surface area contributed by atoms with Gasteiger partial charge in [0.25, 0.3) is 0 Å². The van der Waals surface area contributed by atoms with Crippen LogP contribution in [0.5, 0.6) is 0 Å². The zero-order valence-electron chi connectivity index (χ0n) is 10.7. The van der Waals surface area contributed by atoms with Gasteiger partial charge in [-0.1, -0.05) is 12.1 Å². The Morgan fingerprint density at radius 2 is 2.10 bits per heavy atom. The Labute approximate surface area is 133 Å². The molecular formula is C15H10BrFO3S. The zero-order valence-corrected chi connectivity index (χ0v) is 13.1. The van der Waals surface area contributed by atoms with E-state index < -0.39 is 5.97 Å². The van der Waals surface area contributed by atoms with Crippen LogP contribution in [0.25, 0.3) is 6.08 Å². The number of Topliss-reactive ketones (excluding diaryl/α,β-unsaturated/α-hetero) is 1. The lowest BCUT2D eigenvalue weighted by atomic mass is 10.2. The number of carbonyl (C=O) groups excluding carboxylic acids is 2. The molecule has 0 aliphatic carbocycles. The van der Waals surface area contributed by atoms with Gasteiger partial charge in [-0.2, -0.15) is 0 Å². The van der Waals surface area contributed by atoms with Crippen molar-refractivity contribution in [1.82, 2.24) is 0 Å². The molecular weight excluding hydrogens is 359 g/mol. The molecule has 2 rings (SSSR count). The lowest BCUT2D eigenvalue weighted by molar-refractivity contribution is -0.136. The number of hydrogen-bond acceptors (Lipinski definition) is 4. The molecule has 0 radical (unpaired) electrons. The summed E-state index contributed by atoms with van der Waals surface area (Å²) < 4.78 is 18.6. The van der Waals surface area contributed by atoms with Crippen molar-refractivity contribution < 1.29 is 18.7 Å². The molecule has 0 spiro atoms. The molecule has 108 valence electrons. The predicted octanol–water partition coefficient (Wildman–Crippen LogP) is 4.09. The minimum atomic E-state index is -0.650. The van der Waals surface area contributed by atoms with E-state index in [-0.39, 0.29) is 18.2 Å². The van der Waals surface area contributed by atoms with Crippen LogP contribution in [-0.2, 0) is 9.53 Å². The molecule has 1 aromatic carbocycles. The summed E-state index contributed by atoms with van der Waals surface area (Å²) in [7, 11) is 0. The SMILES string of the molecule is O=C(/C=C/c1cccc(F)c1)OCC(=O)c1ccc(Br)s1. The average Bonchev–Trinajstić information content (AvgIpc) is 2.89. The van der Waals surface area contributed by atoms with Crippen molar-refractivity contribution in [3.63, 3.8) is 0 Å². The molecule has 0 fully saturated rings. The predicted molar refractivity (Wildman–Crippen MR) is 82.7 cm³/mol. The summed E-state index contributed by atoms with van der Waals surface area (Å²) in [6, 6.07) is 9.21. The summed E-state index contributed by atoms with van der Waals surface area (Å²) in [5.41, 5.74) is 0.542. The first-order valence-corrected chi connectivity index (χ1v) is 7.54. The number of ether oxygens (including phenoxy) is 1. The molecule has 0 unspecified atom stereocenters. The Hall–Kier alpha value is -1.79. The first-order valence-electron chi connectivity index (χ1n) is 5.93. The van der Waals surface area contributed by atoms with E-state index in [9.17, 15) is 14.0 Å². The van der Waals surface area contributed by atoms with Gasteiger partial charge in [0.1, 0.15) is 5.82 Å². The normalized spacial score (nSPS) is 10.8. The zero-order chi connectivity index (χ0) is 15.2. The number of ketones is 1. The monoisotopic (exact) mass is 368 g/mol. The van der Waals surface area contributed by atoms with E-state index >= 15 is 0 Å². The Balaban J connectivity index is 1.86. The van der Waals surface area contributed by atoms with E-state index in [2.05, 4.69) is 15.9 Å². The molecule has 1 heterocycles. The number of hydrogen-bond donors (Lipinski definition) is 0. The maximum absolute atomic E-state index is 12.9. The lowest BCUT2D eigenvalue weighted by Crippen LogP contribution is -2.11. The molecule has 0 amide bonds. The van der Waals surface area contributed by atoms with Crippen molar-refractivity contribution in [2.24, 2.45) is 0 Å². The standard InChI is InChI=1S/C15H10BrFO3S/c16-14-6-5-13(21-14)12(18)9-20-15(19)7-4-10-2-1-3-11(17)8-10/h1-8H,9H2/b7-4+. The van der Waals surface area contributed by atoms with Crippen LogP contribution in [-0.4, -0.2) is 18.4 Å². The van der Waals surface area contributed by atoms with Gasteiger partial charge in [-0.25, -0.2) is 9.18 Å². The molecule has 0 aliphatic heterocycles. The quantitative estimate of drug-likeness (QED) is 0.453. The number of esters is 1. The maximum Gasteiger partial charge on any atom is 0.331 e. The Bertz CT molecular complexity index is 694. The molecule has 0 aliphatic rings. The highest BCUT2D eigenvalue weighted by Crippen LogP contribution is 2.22. The van der Waals surface area contributed by atoms with Gasteiger partial charge < -0.3 is 4.74 Å². The van der Waals surface area contributed by atoms with E-state index in [1.807, 2.05) is 0 Å². The topological polar surface area (TPSA) is 43.4 Å². The minimum absolute atomic E-state index is 0.266. The summed E-state index contributed by atoms with van der Waals surface area (Å²) in [6.07, 6.45) is 2.59. The fraction of sp³-hybridized carbons (Fsp3) is 0.0667. The van der Waals surface area contributed by atoms with E-state index in [4.69, 9.17) is 4.74 Å². The van der Waals surface area contributed by atoms with Gasteiger partial charge >= 0.3 is 5.97 Å². The molecule has 1 aromatic heterocycles. The van der Waals surface area contributed by atoms with E-state index in [0.29, 0.717) is 10.4 Å². The summed E-state index contributed by atoms with van der Waals surface area (Å²) in [6.45, 7) is -0.320. The second-order valence-corrected chi connectivity index (χ2v) is 6.49. The highest BCUT2D eigenvalue weighted by molar-refractivity contribution is 9.11. The van der Waals surface area contributed by atoms with Gasteiger partial charge in [-0.05, 0) is 51.8 Å². The van der Waals surface area contributed by atoms with Gasteiger partial charge in [0, 0.05) is 6.08 Å². The number of halogens is 2.